The van der Waals surface area contributed by atoms with Crippen molar-refractivity contribution in [3.05, 3.63) is 23.1 Å². The van der Waals surface area contributed by atoms with Crippen LogP contribution in [0.4, 0.5) is 0 Å². The van der Waals surface area contributed by atoms with Crippen LogP contribution in [0.25, 0.3) is 0 Å². The van der Waals surface area contributed by atoms with Gasteiger partial charge in [-0.15, -0.1) is 0 Å². The molecule has 0 aliphatic carbocycles. The zero-order chi connectivity index (χ0) is 14.5. The van der Waals surface area contributed by atoms with Gasteiger partial charge < -0.3 is 19.2 Å². The van der Waals surface area contributed by atoms with Gasteiger partial charge in [0.1, 0.15) is 0 Å². The van der Waals surface area contributed by atoms with Crippen molar-refractivity contribution in [3.8, 4) is 0 Å². The van der Waals surface area contributed by atoms with E-state index in [9.17, 15) is 9.59 Å². The first kappa shape index (κ1) is 14.9. The van der Waals surface area contributed by atoms with E-state index in [-0.39, 0.29) is 36.0 Å². The molecule has 7 heteroatoms. The van der Waals surface area contributed by atoms with Gasteiger partial charge in [-0.05, 0) is 36.6 Å². The van der Waals surface area contributed by atoms with Crippen LogP contribution < -0.4 is 0 Å². The van der Waals surface area contributed by atoms with Crippen molar-refractivity contribution < 1.29 is 23.8 Å². The van der Waals surface area contributed by atoms with E-state index in [1.54, 1.807) is 11.0 Å². The second-order valence-electron chi connectivity index (χ2n) is 4.61. The van der Waals surface area contributed by atoms with Gasteiger partial charge in [0.2, 0.25) is 0 Å². The number of hydrogen-bond donors (Lipinski definition) is 1. The van der Waals surface area contributed by atoms with Crippen molar-refractivity contribution in [1.29, 1.82) is 0 Å². The molecule has 0 atom stereocenters. The molecule has 0 spiro atoms. The maximum absolute atomic E-state index is 12.1. The SMILES string of the molecule is O=C(O)CCOC1CCN(C(=O)c2ccc(Cl)o2)CC1. The maximum atomic E-state index is 12.1. The molecule has 1 aromatic rings. The number of halogens is 1. The quantitative estimate of drug-likeness (QED) is 0.900. The average Bonchev–Trinajstić information content (AvgIpc) is 2.85. The Labute approximate surface area is 121 Å². The number of furan rings is 1. The van der Waals surface area contributed by atoms with Gasteiger partial charge in [0.25, 0.3) is 5.91 Å². The van der Waals surface area contributed by atoms with Crippen LogP contribution >= 0.6 is 11.6 Å². The molecule has 20 heavy (non-hydrogen) atoms. The lowest BCUT2D eigenvalue weighted by molar-refractivity contribution is -0.138. The highest BCUT2D eigenvalue weighted by molar-refractivity contribution is 6.29. The monoisotopic (exact) mass is 301 g/mol. The number of likely N-dealkylation sites (tertiary alicyclic amines) is 1. The summed E-state index contributed by atoms with van der Waals surface area (Å²) in [4.78, 5) is 24.2. The summed E-state index contributed by atoms with van der Waals surface area (Å²) in [6.07, 6.45) is 1.41. The van der Waals surface area contributed by atoms with Crippen LogP contribution in [0, 0.1) is 0 Å². The summed E-state index contributed by atoms with van der Waals surface area (Å²) in [6.45, 7) is 1.34. The lowest BCUT2D eigenvalue weighted by atomic mass is 10.1. The Kier molecular flexibility index (Phi) is 5.03. The molecule has 0 saturated carbocycles. The van der Waals surface area contributed by atoms with Crippen molar-refractivity contribution in [1.82, 2.24) is 4.90 Å². The van der Waals surface area contributed by atoms with Gasteiger partial charge in [0.15, 0.2) is 11.0 Å². The minimum absolute atomic E-state index is 0.00401. The number of hydrogen-bond acceptors (Lipinski definition) is 4. The van der Waals surface area contributed by atoms with Gasteiger partial charge in [-0.3, -0.25) is 9.59 Å². The van der Waals surface area contributed by atoms with Crippen LogP contribution in [0.5, 0.6) is 0 Å². The second-order valence-corrected chi connectivity index (χ2v) is 4.98. The van der Waals surface area contributed by atoms with Gasteiger partial charge >= 0.3 is 5.97 Å². The number of aliphatic carboxylic acids is 1. The number of piperidine rings is 1. The minimum atomic E-state index is -0.868. The normalized spacial score (nSPS) is 16.4. The highest BCUT2D eigenvalue weighted by Crippen LogP contribution is 2.19. The number of amides is 1. The van der Waals surface area contributed by atoms with Crippen LogP contribution in [0.15, 0.2) is 16.5 Å². The number of carboxylic acid groups (broad SMARTS) is 1. The molecule has 6 nitrogen and oxygen atoms in total. The molecule has 0 unspecified atom stereocenters. The Balaban J connectivity index is 1.76. The molecule has 1 amide bonds. The van der Waals surface area contributed by atoms with Crippen LogP contribution in [0.2, 0.25) is 5.22 Å². The van der Waals surface area contributed by atoms with Crippen molar-refractivity contribution >= 4 is 23.5 Å². The third-order valence-electron chi connectivity index (χ3n) is 3.18. The van der Waals surface area contributed by atoms with E-state index in [0.29, 0.717) is 25.9 Å². The van der Waals surface area contributed by atoms with Gasteiger partial charge in [-0.25, -0.2) is 0 Å². The van der Waals surface area contributed by atoms with Gasteiger partial charge in [0.05, 0.1) is 19.1 Å². The molecule has 1 N–H and O–H groups in total. The highest BCUT2D eigenvalue weighted by atomic mass is 35.5. The number of carbonyl (C=O) groups is 2. The van der Waals surface area contributed by atoms with Crippen molar-refractivity contribution in [2.75, 3.05) is 19.7 Å². The number of ether oxygens (including phenoxy) is 1. The molecule has 1 aliphatic heterocycles. The minimum Gasteiger partial charge on any atom is -0.481 e. The predicted octanol–water partition coefficient (Wildman–Crippen LogP) is 2.03. The smallest absolute Gasteiger partial charge is 0.305 e. The molecule has 1 saturated heterocycles. The summed E-state index contributed by atoms with van der Waals surface area (Å²) in [7, 11) is 0. The van der Waals surface area contributed by atoms with Crippen molar-refractivity contribution in [2.24, 2.45) is 0 Å². The second kappa shape index (κ2) is 6.76. The Bertz CT molecular complexity index is 479. The fourth-order valence-corrected chi connectivity index (χ4v) is 2.27. The molecular weight excluding hydrogens is 286 g/mol. The summed E-state index contributed by atoms with van der Waals surface area (Å²) in [6, 6.07) is 3.09. The van der Waals surface area contributed by atoms with E-state index < -0.39 is 5.97 Å². The molecular formula is C13H16ClNO5. The standard InChI is InChI=1S/C13H16ClNO5/c14-11-2-1-10(20-11)13(18)15-6-3-9(4-7-15)19-8-5-12(16)17/h1-2,9H,3-8H2,(H,16,17). The van der Waals surface area contributed by atoms with Crippen LogP contribution in [-0.2, 0) is 9.53 Å². The summed E-state index contributed by atoms with van der Waals surface area (Å²) in [5.74, 6) is -0.812. The number of rotatable bonds is 5. The zero-order valence-electron chi connectivity index (χ0n) is 10.9. The number of carbonyl (C=O) groups excluding carboxylic acids is 1. The van der Waals surface area contributed by atoms with Gasteiger partial charge in [-0.1, -0.05) is 0 Å². The van der Waals surface area contributed by atoms with Crippen LogP contribution in [-0.4, -0.2) is 47.7 Å². The van der Waals surface area contributed by atoms with Gasteiger partial charge in [-0.2, -0.15) is 0 Å². The van der Waals surface area contributed by atoms with Crippen molar-refractivity contribution in [3.63, 3.8) is 0 Å². The first-order valence-corrected chi connectivity index (χ1v) is 6.82. The van der Waals surface area contributed by atoms with E-state index in [1.807, 2.05) is 0 Å². The zero-order valence-corrected chi connectivity index (χ0v) is 11.6. The van der Waals surface area contributed by atoms with Crippen molar-refractivity contribution in [2.45, 2.75) is 25.4 Å². The van der Waals surface area contributed by atoms with Gasteiger partial charge in [0, 0.05) is 13.1 Å². The largest absolute Gasteiger partial charge is 0.481 e. The van der Waals surface area contributed by atoms with E-state index in [1.165, 1.54) is 6.07 Å². The van der Waals surface area contributed by atoms with Crippen LogP contribution in [0.1, 0.15) is 29.8 Å². The summed E-state index contributed by atoms with van der Waals surface area (Å²) >= 11 is 5.64. The third kappa shape index (κ3) is 3.98. The third-order valence-corrected chi connectivity index (χ3v) is 3.39. The molecule has 110 valence electrons. The lowest BCUT2D eigenvalue weighted by Gasteiger charge is -2.31. The molecule has 2 heterocycles. The van der Waals surface area contributed by atoms with E-state index >= 15 is 0 Å². The Morgan fingerprint density at radius 3 is 2.65 bits per heavy atom. The Morgan fingerprint density at radius 2 is 2.10 bits per heavy atom. The maximum Gasteiger partial charge on any atom is 0.305 e. The summed E-state index contributed by atoms with van der Waals surface area (Å²) in [5, 5.41) is 8.73. The molecule has 0 radical (unpaired) electrons. The predicted molar refractivity (Wildman–Crippen MR) is 70.8 cm³/mol. The molecule has 0 aromatic carbocycles. The topological polar surface area (TPSA) is 80.0 Å². The number of carboxylic acids is 1. The lowest BCUT2D eigenvalue weighted by Crippen LogP contribution is -2.40. The molecule has 1 aliphatic rings. The fourth-order valence-electron chi connectivity index (χ4n) is 2.12. The van der Waals surface area contributed by atoms with E-state index in [2.05, 4.69) is 0 Å². The number of nitrogens with zero attached hydrogens (tertiary/aromatic N) is 1. The van der Waals surface area contributed by atoms with Crippen LogP contribution in [0.3, 0.4) is 0 Å². The molecule has 2 rings (SSSR count). The summed E-state index contributed by atoms with van der Waals surface area (Å²) in [5.41, 5.74) is 0. The Morgan fingerprint density at radius 1 is 1.40 bits per heavy atom. The first-order chi connectivity index (χ1) is 9.56. The molecule has 0 bridgehead atoms. The fraction of sp³-hybridized carbons (Fsp3) is 0.538. The molecule has 1 aromatic heterocycles. The molecule has 1 fully saturated rings. The highest BCUT2D eigenvalue weighted by Gasteiger charge is 2.25. The summed E-state index contributed by atoms with van der Waals surface area (Å²) < 4.78 is 10.6. The van der Waals surface area contributed by atoms with E-state index in [4.69, 9.17) is 25.9 Å². The Hall–Kier alpha value is -1.53. The van der Waals surface area contributed by atoms with E-state index in [0.717, 1.165) is 0 Å². The average molecular weight is 302 g/mol. The first-order valence-electron chi connectivity index (χ1n) is 6.44.